The van der Waals surface area contributed by atoms with E-state index in [1.54, 1.807) is 0 Å². The Hall–Kier alpha value is -2.63. The van der Waals surface area contributed by atoms with Gasteiger partial charge < -0.3 is 9.30 Å². The second-order valence-corrected chi connectivity index (χ2v) is 8.42. The third-order valence-corrected chi connectivity index (χ3v) is 5.84. The van der Waals surface area contributed by atoms with Gasteiger partial charge in [-0.05, 0) is 43.1 Å². The van der Waals surface area contributed by atoms with Crippen LogP contribution in [0.4, 0.5) is 0 Å². The first-order chi connectivity index (χ1) is 14.5. The Morgan fingerprint density at radius 2 is 2.00 bits per heavy atom. The van der Waals surface area contributed by atoms with Crippen molar-refractivity contribution < 1.29 is 4.79 Å². The summed E-state index contributed by atoms with van der Waals surface area (Å²) in [7, 11) is 0. The molecule has 0 fully saturated rings. The molecule has 3 aromatic rings. The first-order valence-electron chi connectivity index (χ1n) is 10.4. The maximum absolute atomic E-state index is 13.6. The largest absolute Gasteiger partial charge is 0.333 e. The van der Waals surface area contributed by atoms with Crippen molar-refractivity contribution in [2.45, 2.75) is 33.4 Å². The molecule has 1 aliphatic heterocycles. The normalized spacial score (nSPS) is 13.7. The van der Waals surface area contributed by atoms with Gasteiger partial charge in [0, 0.05) is 32.4 Å². The van der Waals surface area contributed by atoms with E-state index in [9.17, 15) is 4.79 Å². The lowest BCUT2D eigenvalue weighted by Crippen LogP contribution is -2.37. The minimum absolute atomic E-state index is 0.0225. The van der Waals surface area contributed by atoms with Crippen LogP contribution in [0.15, 0.2) is 54.7 Å². The number of carbonyl (C=O) groups excluding carboxylic acids is 1. The van der Waals surface area contributed by atoms with Crippen LogP contribution in [0, 0.1) is 0 Å². The van der Waals surface area contributed by atoms with Crippen molar-refractivity contribution in [2.24, 2.45) is 0 Å². The lowest BCUT2D eigenvalue weighted by atomic mass is 9.99. The maximum Gasteiger partial charge on any atom is 0.274 e. The van der Waals surface area contributed by atoms with E-state index in [-0.39, 0.29) is 5.91 Å². The van der Waals surface area contributed by atoms with Crippen molar-refractivity contribution in [3.8, 4) is 0 Å². The molecule has 0 radical (unpaired) electrons. The molecule has 0 saturated heterocycles. The molecule has 4 rings (SSSR count). The fraction of sp³-hybridized carbons (Fsp3) is 0.333. The zero-order valence-electron chi connectivity index (χ0n) is 17.6. The van der Waals surface area contributed by atoms with E-state index in [4.69, 9.17) is 16.6 Å². The van der Waals surface area contributed by atoms with Crippen LogP contribution in [-0.4, -0.2) is 44.7 Å². The number of hydrogen-bond donors (Lipinski definition) is 0. The van der Waals surface area contributed by atoms with Crippen molar-refractivity contribution >= 4 is 23.2 Å². The van der Waals surface area contributed by atoms with Crippen LogP contribution in [-0.2, 0) is 19.5 Å². The fourth-order valence-electron chi connectivity index (χ4n) is 4.08. The van der Waals surface area contributed by atoms with Crippen molar-refractivity contribution in [3.05, 3.63) is 82.3 Å². The summed E-state index contributed by atoms with van der Waals surface area (Å²) in [5, 5.41) is 0.620. The quantitative estimate of drug-likeness (QED) is 0.546. The second-order valence-electron chi connectivity index (χ2n) is 7.99. The van der Waals surface area contributed by atoms with Crippen LogP contribution >= 0.6 is 11.6 Å². The first-order valence-corrected chi connectivity index (χ1v) is 10.7. The zero-order valence-corrected chi connectivity index (χ0v) is 18.3. The fourth-order valence-corrected chi connectivity index (χ4v) is 4.24. The molecule has 1 aromatic carbocycles. The number of nitrogens with zero attached hydrogens (tertiary/aromatic N) is 4. The van der Waals surface area contributed by atoms with Crippen LogP contribution in [0.5, 0.6) is 0 Å². The molecule has 0 N–H and O–H groups in total. The van der Waals surface area contributed by atoms with E-state index in [2.05, 4.69) is 36.6 Å². The number of benzene rings is 1. The van der Waals surface area contributed by atoms with Gasteiger partial charge >= 0.3 is 0 Å². The second kappa shape index (κ2) is 8.62. The molecule has 0 aliphatic carbocycles. The molecule has 0 spiro atoms. The molecular weight excluding hydrogens is 396 g/mol. The van der Waals surface area contributed by atoms with E-state index < -0.39 is 0 Å². The number of fused-ring (bicyclic) bond motifs is 2. The molecule has 0 atom stereocenters. The Morgan fingerprint density at radius 3 is 2.73 bits per heavy atom. The predicted molar refractivity (Wildman–Crippen MR) is 121 cm³/mol. The molecule has 0 unspecified atom stereocenters. The Kier molecular flexibility index (Phi) is 5.93. The SMILES string of the molecule is C=C(C)CN(CC)Cc1c(C(=O)N2CCc3ccccc3C2)nc2ccc(Cl)cn12. The number of likely N-dealkylation sites (N-methyl/N-ethyl adjacent to an activating group) is 1. The molecule has 156 valence electrons. The Morgan fingerprint density at radius 1 is 1.23 bits per heavy atom. The third kappa shape index (κ3) is 4.13. The standard InChI is InChI=1S/C24H27ClN4O/c1-4-27(13-17(2)3)16-21-23(26-22-10-9-20(25)15-29(21)22)24(30)28-12-11-18-7-5-6-8-19(18)14-28/h5-10,15H,2,4,11-14,16H2,1,3H3. The Labute approximate surface area is 182 Å². The lowest BCUT2D eigenvalue weighted by Gasteiger charge is -2.29. The number of amides is 1. The third-order valence-electron chi connectivity index (χ3n) is 5.62. The van der Waals surface area contributed by atoms with Crippen molar-refractivity contribution in [1.82, 2.24) is 19.2 Å². The van der Waals surface area contributed by atoms with Gasteiger partial charge in [0.2, 0.25) is 0 Å². The highest BCUT2D eigenvalue weighted by Crippen LogP contribution is 2.24. The summed E-state index contributed by atoms with van der Waals surface area (Å²) in [4.78, 5) is 22.4. The van der Waals surface area contributed by atoms with Crippen LogP contribution in [0.3, 0.4) is 0 Å². The molecule has 1 amide bonds. The van der Waals surface area contributed by atoms with Gasteiger partial charge in [0.25, 0.3) is 5.91 Å². The molecule has 30 heavy (non-hydrogen) atoms. The average molecular weight is 423 g/mol. The summed E-state index contributed by atoms with van der Waals surface area (Å²) in [5.41, 5.74) is 5.74. The van der Waals surface area contributed by atoms with E-state index in [0.29, 0.717) is 30.4 Å². The number of aromatic nitrogens is 2. The lowest BCUT2D eigenvalue weighted by molar-refractivity contribution is 0.0727. The highest BCUT2D eigenvalue weighted by atomic mass is 35.5. The van der Waals surface area contributed by atoms with Gasteiger partial charge in [-0.3, -0.25) is 9.69 Å². The summed E-state index contributed by atoms with van der Waals surface area (Å²) in [5.74, 6) is -0.0225. The highest BCUT2D eigenvalue weighted by molar-refractivity contribution is 6.30. The molecule has 6 heteroatoms. The highest BCUT2D eigenvalue weighted by Gasteiger charge is 2.27. The number of halogens is 1. The topological polar surface area (TPSA) is 40.9 Å². The number of rotatable bonds is 6. The summed E-state index contributed by atoms with van der Waals surface area (Å²) in [6, 6.07) is 12.0. The first kappa shape index (κ1) is 20.6. The van der Waals surface area contributed by atoms with Gasteiger partial charge in [-0.1, -0.05) is 54.9 Å². The number of carbonyl (C=O) groups is 1. The van der Waals surface area contributed by atoms with Crippen LogP contribution in [0.25, 0.3) is 5.65 Å². The monoisotopic (exact) mass is 422 g/mol. The van der Waals surface area contributed by atoms with Gasteiger partial charge in [-0.15, -0.1) is 0 Å². The summed E-state index contributed by atoms with van der Waals surface area (Å²) >= 11 is 6.27. The van der Waals surface area contributed by atoms with Crippen molar-refractivity contribution in [2.75, 3.05) is 19.6 Å². The zero-order chi connectivity index (χ0) is 21.3. The number of pyridine rings is 1. The van der Waals surface area contributed by atoms with Gasteiger partial charge in [0.1, 0.15) is 5.65 Å². The maximum atomic E-state index is 13.6. The molecule has 0 bridgehead atoms. The Balaban J connectivity index is 1.71. The van der Waals surface area contributed by atoms with E-state index >= 15 is 0 Å². The van der Waals surface area contributed by atoms with Gasteiger partial charge in [-0.2, -0.15) is 0 Å². The van der Waals surface area contributed by atoms with Gasteiger partial charge in [0.05, 0.1) is 10.7 Å². The minimum Gasteiger partial charge on any atom is -0.333 e. The van der Waals surface area contributed by atoms with Crippen molar-refractivity contribution in [1.29, 1.82) is 0 Å². The van der Waals surface area contributed by atoms with E-state index in [0.717, 1.165) is 36.4 Å². The molecule has 2 aromatic heterocycles. The minimum atomic E-state index is -0.0225. The van der Waals surface area contributed by atoms with Crippen LogP contribution < -0.4 is 0 Å². The van der Waals surface area contributed by atoms with Gasteiger partial charge in [-0.25, -0.2) is 4.98 Å². The van der Waals surface area contributed by atoms with Crippen molar-refractivity contribution in [3.63, 3.8) is 0 Å². The van der Waals surface area contributed by atoms with Crippen LogP contribution in [0.2, 0.25) is 5.02 Å². The smallest absolute Gasteiger partial charge is 0.274 e. The molecule has 5 nitrogen and oxygen atoms in total. The molecular formula is C24H27ClN4O. The predicted octanol–water partition coefficient (Wildman–Crippen LogP) is 4.58. The molecule has 0 saturated carbocycles. The molecule has 3 heterocycles. The molecule has 1 aliphatic rings. The number of imidazole rings is 1. The summed E-state index contributed by atoms with van der Waals surface area (Å²) < 4.78 is 1.95. The summed E-state index contributed by atoms with van der Waals surface area (Å²) in [6.07, 6.45) is 2.71. The number of hydrogen-bond acceptors (Lipinski definition) is 3. The summed E-state index contributed by atoms with van der Waals surface area (Å²) in [6.45, 7) is 11.7. The van der Waals surface area contributed by atoms with Crippen LogP contribution in [0.1, 0.15) is 41.2 Å². The average Bonchev–Trinajstić information content (AvgIpc) is 3.09. The van der Waals surface area contributed by atoms with E-state index in [1.807, 2.05) is 40.6 Å². The van der Waals surface area contributed by atoms with E-state index in [1.165, 1.54) is 11.1 Å². The Bertz CT molecular complexity index is 1100. The van der Waals surface area contributed by atoms with Gasteiger partial charge in [0.15, 0.2) is 5.69 Å².